The molecule has 0 radical (unpaired) electrons. The Labute approximate surface area is 110 Å². The maximum atomic E-state index is 12.8. The van der Waals surface area contributed by atoms with Crippen molar-refractivity contribution in [3.05, 3.63) is 0 Å². The number of hydrogen-bond acceptors (Lipinski definition) is 3. The Morgan fingerprint density at radius 1 is 1.44 bits per heavy atom. The summed E-state index contributed by atoms with van der Waals surface area (Å²) in [7, 11) is 0. The quantitative estimate of drug-likeness (QED) is 0.794. The molecule has 1 amide bonds. The standard InChI is InChI=1S/C14H26N2O2/c1-2-5-14(6-8-15-9-7-14)13(18)16-10-3-4-12(17)11-16/h12,15,17H,2-11H2,1H3. The van der Waals surface area contributed by atoms with Crippen LogP contribution in [0.25, 0.3) is 0 Å². The van der Waals surface area contributed by atoms with Gasteiger partial charge in [-0.15, -0.1) is 0 Å². The fourth-order valence-corrected chi connectivity index (χ4v) is 3.43. The molecular formula is C14H26N2O2. The van der Waals surface area contributed by atoms with E-state index >= 15 is 0 Å². The van der Waals surface area contributed by atoms with Crippen molar-refractivity contribution in [2.45, 2.75) is 51.6 Å². The van der Waals surface area contributed by atoms with E-state index in [1.165, 1.54) is 0 Å². The number of rotatable bonds is 3. The maximum absolute atomic E-state index is 12.8. The highest BCUT2D eigenvalue weighted by atomic mass is 16.3. The molecule has 4 nitrogen and oxygen atoms in total. The van der Waals surface area contributed by atoms with E-state index < -0.39 is 0 Å². The molecule has 0 aromatic rings. The van der Waals surface area contributed by atoms with Crippen molar-refractivity contribution in [1.29, 1.82) is 0 Å². The van der Waals surface area contributed by atoms with Crippen LogP contribution >= 0.6 is 0 Å². The van der Waals surface area contributed by atoms with Crippen LogP contribution in [0.15, 0.2) is 0 Å². The molecule has 18 heavy (non-hydrogen) atoms. The van der Waals surface area contributed by atoms with Gasteiger partial charge in [0.05, 0.1) is 11.5 Å². The van der Waals surface area contributed by atoms with E-state index in [-0.39, 0.29) is 11.5 Å². The summed E-state index contributed by atoms with van der Waals surface area (Å²) >= 11 is 0. The van der Waals surface area contributed by atoms with Gasteiger partial charge in [0, 0.05) is 13.1 Å². The fourth-order valence-electron chi connectivity index (χ4n) is 3.43. The van der Waals surface area contributed by atoms with Crippen LogP contribution in [-0.2, 0) is 4.79 Å². The highest BCUT2D eigenvalue weighted by Crippen LogP contribution is 2.36. The van der Waals surface area contributed by atoms with Crippen molar-refractivity contribution in [2.24, 2.45) is 5.41 Å². The van der Waals surface area contributed by atoms with Crippen LogP contribution in [0.3, 0.4) is 0 Å². The molecule has 4 heteroatoms. The van der Waals surface area contributed by atoms with E-state index in [9.17, 15) is 9.90 Å². The zero-order valence-electron chi connectivity index (χ0n) is 11.5. The topological polar surface area (TPSA) is 52.6 Å². The third kappa shape index (κ3) is 2.86. The van der Waals surface area contributed by atoms with Crippen LogP contribution in [0.2, 0.25) is 0 Å². The van der Waals surface area contributed by atoms with Gasteiger partial charge in [0.1, 0.15) is 0 Å². The second-order valence-electron chi connectivity index (χ2n) is 5.83. The maximum Gasteiger partial charge on any atom is 0.228 e. The summed E-state index contributed by atoms with van der Waals surface area (Å²) < 4.78 is 0. The van der Waals surface area contributed by atoms with Crippen molar-refractivity contribution in [3.8, 4) is 0 Å². The van der Waals surface area contributed by atoms with Crippen molar-refractivity contribution in [1.82, 2.24) is 10.2 Å². The summed E-state index contributed by atoms with van der Waals surface area (Å²) in [5.41, 5.74) is -0.156. The molecule has 2 rings (SSSR count). The van der Waals surface area contributed by atoms with E-state index in [4.69, 9.17) is 0 Å². The van der Waals surface area contributed by atoms with Gasteiger partial charge in [-0.1, -0.05) is 13.3 Å². The zero-order chi connectivity index (χ0) is 13.0. The molecule has 2 aliphatic heterocycles. The Balaban J connectivity index is 2.07. The molecule has 0 saturated carbocycles. The van der Waals surface area contributed by atoms with Gasteiger partial charge in [-0.2, -0.15) is 0 Å². The first kappa shape index (κ1) is 13.8. The van der Waals surface area contributed by atoms with E-state index in [0.29, 0.717) is 12.5 Å². The number of carbonyl (C=O) groups is 1. The number of carbonyl (C=O) groups excluding carboxylic acids is 1. The number of β-amino-alcohol motifs (C(OH)–C–C–N with tert-alkyl or cyclic N) is 1. The van der Waals surface area contributed by atoms with Gasteiger partial charge < -0.3 is 15.3 Å². The summed E-state index contributed by atoms with van der Waals surface area (Å²) in [4.78, 5) is 14.7. The monoisotopic (exact) mass is 254 g/mol. The summed E-state index contributed by atoms with van der Waals surface area (Å²) in [6.45, 7) is 5.42. The Bertz CT molecular complexity index is 282. The molecule has 2 heterocycles. The second-order valence-corrected chi connectivity index (χ2v) is 5.83. The van der Waals surface area contributed by atoms with Gasteiger partial charge >= 0.3 is 0 Å². The molecule has 2 aliphatic rings. The van der Waals surface area contributed by atoms with Crippen LogP contribution in [0, 0.1) is 5.41 Å². The number of nitrogens with one attached hydrogen (secondary N) is 1. The normalized spacial score (nSPS) is 28.1. The molecule has 0 aromatic heterocycles. The highest BCUT2D eigenvalue weighted by Gasteiger charge is 2.41. The zero-order valence-corrected chi connectivity index (χ0v) is 11.5. The summed E-state index contributed by atoms with van der Waals surface area (Å²) in [5, 5.41) is 13.1. The van der Waals surface area contributed by atoms with Gasteiger partial charge in [-0.3, -0.25) is 4.79 Å². The first-order valence-electron chi connectivity index (χ1n) is 7.36. The first-order chi connectivity index (χ1) is 8.68. The number of aliphatic hydroxyl groups excluding tert-OH is 1. The van der Waals surface area contributed by atoms with Crippen molar-refractivity contribution in [3.63, 3.8) is 0 Å². The number of hydrogen-bond donors (Lipinski definition) is 2. The molecule has 2 fully saturated rings. The lowest BCUT2D eigenvalue weighted by molar-refractivity contribution is -0.147. The molecule has 2 N–H and O–H groups in total. The predicted octanol–water partition coefficient (Wildman–Crippen LogP) is 1.14. The smallest absolute Gasteiger partial charge is 0.228 e. The molecule has 104 valence electrons. The van der Waals surface area contributed by atoms with Crippen LogP contribution < -0.4 is 5.32 Å². The third-order valence-electron chi connectivity index (χ3n) is 4.43. The van der Waals surface area contributed by atoms with Gasteiger partial charge in [0.2, 0.25) is 5.91 Å². The summed E-state index contributed by atoms with van der Waals surface area (Å²) in [6.07, 6.45) is 5.41. The van der Waals surface area contributed by atoms with Gasteiger partial charge in [0.25, 0.3) is 0 Å². The lowest BCUT2D eigenvalue weighted by Crippen LogP contribution is -2.52. The summed E-state index contributed by atoms with van der Waals surface area (Å²) in [5.74, 6) is 0.296. The third-order valence-corrected chi connectivity index (χ3v) is 4.43. The Hall–Kier alpha value is -0.610. The SMILES string of the molecule is CCCC1(C(=O)N2CCCC(O)C2)CCNCC1. The predicted molar refractivity (Wildman–Crippen MR) is 71.3 cm³/mol. The van der Waals surface area contributed by atoms with Crippen LogP contribution in [0.4, 0.5) is 0 Å². The second kappa shape index (κ2) is 6.02. The van der Waals surface area contributed by atoms with Gasteiger partial charge in [0.15, 0.2) is 0 Å². The molecule has 1 unspecified atom stereocenters. The van der Waals surface area contributed by atoms with Crippen molar-refractivity contribution >= 4 is 5.91 Å². The number of nitrogens with zero attached hydrogens (tertiary/aromatic N) is 1. The van der Waals surface area contributed by atoms with Crippen molar-refractivity contribution < 1.29 is 9.90 Å². The molecular weight excluding hydrogens is 228 g/mol. The van der Waals surface area contributed by atoms with Gasteiger partial charge in [-0.05, 0) is 45.2 Å². The molecule has 0 aromatic carbocycles. The largest absolute Gasteiger partial charge is 0.391 e. The molecule has 0 bridgehead atoms. The first-order valence-corrected chi connectivity index (χ1v) is 7.36. The minimum atomic E-state index is -0.317. The lowest BCUT2D eigenvalue weighted by Gasteiger charge is -2.42. The van der Waals surface area contributed by atoms with Crippen LogP contribution in [0.1, 0.15) is 45.4 Å². The minimum Gasteiger partial charge on any atom is -0.391 e. The Morgan fingerprint density at radius 2 is 2.17 bits per heavy atom. The average molecular weight is 254 g/mol. The summed E-state index contributed by atoms with van der Waals surface area (Å²) in [6, 6.07) is 0. The van der Waals surface area contributed by atoms with E-state index in [1.54, 1.807) is 0 Å². The number of piperidine rings is 2. The molecule has 0 spiro atoms. The lowest BCUT2D eigenvalue weighted by atomic mass is 9.74. The number of aliphatic hydroxyl groups is 1. The Morgan fingerprint density at radius 3 is 2.78 bits per heavy atom. The molecule has 2 saturated heterocycles. The fraction of sp³-hybridized carbons (Fsp3) is 0.929. The van der Waals surface area contributed by atoms with E-state index in [0.717, 1.165) is 58.2 Å². The van der Waals surface area contributed by atoms with Gasteiger partial charge in [-0.25, -0.2) is 0 Å². The Kier molecular flexibility index (Phi) is 4.62. The average Bonchev–Trinajstić information content (AvgIpc) is 2.39. The number of likely N-dealkylation sites (tertiary alicyclic amines) is 1. The van der Waals surface area contributed by atoms with Crippen LogP contribution in [-0.4, -0.2) is 48.2 Å². The highest BCUT2D eigenvalue weighted by molar-refractivity contribution is 5.83. The minimum absolute atomic E-state index is 0.156. The van der Waals surface area contributed by atoms with Crippen LogP contribution in [0.5, 0.6) is 0 Å². The number of amides is 1. The van der Waals surface area contributed by atoms with Crippen molar-refractivity contribution in [2.75, 3.05) is 26.2 Å². The molecule has 0 aliphatic carbocycles. The molecule has 1 atom stereocenters. The van der Waals surface area contributed by atoms with E-state index in [1.807, 2.05) is 4.90 Å². The van der Waals surface area contributed by atoms with E-state index in [2.05, 4.69) is 12.2 Å².